The smallest absolute Gasteiger partial charge is 0.314 e. The van der Waals surface area contributed by atoms with Crippen molar-refractivity contribution in [2.24, 2.45) is 0 Å². The molecule has 41 heavy (non-hydrogen) atoms. The number of nitrogens with zero attached hydrogens (tertiary/aromatic N) is 3. The van der Waals surface area contributed by atoms with E-state index >= 15 is 0 Å². The molecule has 0 aromatic heterocycles. The van der Waals surface area contributed by atoms with Crippen molar-refractivity contribution in [3.8, 4) is 5.75 Å². The van der Waals surface area contributed by atoms with Crippen LogP contribution in [0.1, 0.15) is 37.8 Å². The molecule has 4 rings (SSSR count). The van der Waals surface area contributed by atoms with E-state index in [1.807, 2.05) is 41.3 Å². The zero-order valence-electron chi connectivity index (χ0n) is 24.3. The van der Waals surface area contributed by atoms with Crippen LogP contribution in [-0.4, -0.2) is 66.1 Å². The monoisotopic (exact) mass is 574 g/mol. The summed E-state index contributed by atoms with van der Waals surface area (Å²) in [4.78, 5) is 42.2. The van der Waals surface area contributed by atoms with Crippen LogP contribution < -0.4 is 9.64 Å². The van der Waals surface area contributed by atoms with Crippen LogP contribution in [0.2, 0.25) is 0 Å². The molecule has 0 radical (unpaired) electrons. The van der Waals surface area contributed by atoms with Crippen molar-refractivity contribution in [1.29, 1.82) is 0 Å². The van der Waals surface area contributed by atoms with Crippen molar-refractivity contribution in [3.63, 3.8) is 0 Å². The summed E-state index contributed by atoms with van der Waals surface area (Å²) in [5, 5.41) is 0. The van der Waals surface area contributed by atoms with Gasteiger partial charge in [0.1, 0.15) is 18.8 Å². The van der Waals surface area contributed by atoms with Crippen molar-refractivity contribution < 1.29 is 23.6 Å². The number of ether oxygens (including phenoxy) is 1. The minimum atomic E-state index is -0.334. The Kier molecular flexibility index (Phi) is 10.6. The van der Waals surface area contributed by atoms with Gasteiger partial charge in [0.15, 0.2) is 0 Å². The molecule has 7 nitrogen and oxygen atoms in total. The lowest BCUT2D eigenvalue weighted by Crippen LogP contribution is -2.50. The molecule has 3 aromatic rings. The number of rotatable bonds is 11. The van der Waals surface area contributed by atoms with Crippen molar-refractivity contribution in [2.75, 3.05) is 43.9 Å². The average Bonchev–Trinajstić information content (AvgIpc) is 2.96. The van der Waals surface area contributed by atoms with Gasteiger partial charge < -0.3 is 14.5 Å². The number of quaternary nitrogens is 1. The summed E-state index contributed by atoms with van der Waals surface area (Å²) in [5.41, 5.74) is 3.43. The van der Waals surface area contributed by atoms with Crippen LogP contribution in [0.15, 0.2) is 83.8 Å². The number of hydrogen-bond donors (Lipinski definition) is 0. The topological polar surface area (TPSA) is 66.9 Å². The van der Waals surface area contributed by atoms with Crippen LogP contribution in [0, 0.1) is 0 Å². The van der Waals surface area contributed by atoms with Gasteiger partial charge in [-0.3, -0.25) is 14.1 Å². The number of amides is 2. The van der Waals surface area contributed by atoms with Crippen LogP contribution in [-0.2, 0) is 27.5 Å². The number of carbonyl (C=O) groups is 3. The highest BCUT2D eigenvalue weighted by molar-refractivity contribution is 7.99. The summed E-state index contributed by atoms with van der Waals surface area (Å²) in [6.07, 6.45) is 1.26. The summed E-state index contributed by atoms with van der Waals surface area (Å²) in [5.74, 6) is 1.36. The van der Waals surface area contributed by atoms with Gasteiger partial charge in [0.2, 0.25) is 5.91 Å². The molecule has 0 N–H and O–H groups in total. The summed E-state index contributed by atoms with van der Waals surface area (Å²) in [6, 6.07) is 26.1. The van der Waals surface area contributed by atoms with Gasteiger partial charge in [0.05, 0.1) is 13.5 Å². The molecule has 0 aliphatic carbocycles. The number of thioether (sulfide) groups is 1. The Balaban J connectivity index is 1.43. The number of esters is 1. The summed E-state index contributed by atoms with van der Waals surface area (Å²) in [6.45, 7) is 7.23. The maximum atomic E-state index is 13.9. The summed E-state index contributed by atoms with van der Waals surface area (Å²) >= 11 is 1.70. The standard InChI is InChI=1S/C33H40N3O4S/c1-26(37)34-19-21-35(22-20-34)32-13-8-7-12-29(32)25-36(3,24-28-10-5-4-6-11-28)33(39)14-9-23-41-31-17-15-30(16-18-31)40-27(2)38/h4-8,10-13,15-18H,9,14,19-25H2,1-3H3/q+1. The predicted octanol–water partition coefficient (Wildman–Crippen LogP) is 5.53. The van der Waals surface area contributed by atoms with Gasteiger partial charge in [-0.25, -0.2) is 4.79 Å². The summed E-state index contributed by atoms with van der Waals surface area (Å²) < 4.78 is 5.40. The van der Waals surface area contributed by atoms with E-state index in [0.29, 0.717) is 38.3 Å². The fraction of sp³-hybridized carbons (Fsp3) is 0.364. The minimum Gasteiger partial charge on any atom is -0.427 e. The zero-order chi connectivity index (χ0) is 29.2. The van der Waals surface area contributed by atoms with Crippen molar-refractivity contribution in [1.82, 2.24) is 4.90 Å². The maximum absolute atomic E-state index is 13.9. The second-order valence-electron chi connectivity index (χ2n) is 10.7. The molecule has 1 saturated heterocycles. The first-order valence-corrected chi connectivity index (χ1v) is 15.1. The Morgan fingerprint density at radius 1 is 0.829 bits per heavy atom. The van der Waals surface area contributed by atoms with Crippen molar-refractivity contribution in [2.45, 2.75) is 44.7 Å². The Morgan fingerprint density at radius 3 is 2.15 bits per heavy atom. The number of carbonyl (C=O) groups excluding carboxylic acids is 3. The fourth-order valence-corrected chi connectivity index (χ4v) is 6.12. The number of anilines is 1. The van der Waals surface area contributed by atoms with Crippen LogP contribution in [0.25, 0.3) is 0 Å². The van der Waals surface area contributed by atoms with Gasteiger partial charge in [0, 0.05) is 61.7 Å². The molecular formula is C33H40N3O4S+. The lowest BCUT2D eigenvalue weighted by Gasteiger charge is -2.38. The largest absolute Gasteiger partial charge is 0.427 e. The quantitative estimate of drug-likeness (QED) is 0.0987. The van der Waals surface area contributed by atoms with E-state index in [2.05, 4.69) is 42.3 Å². The third-order valence-corrected chi connectivity index (χ3v) is 8.54. The molecular weight excluding hydrogens is 534 g/mol. The van der Waals surface area contributed by atoms with E-state index in [1.165, 1.54) is 6.92 Å². The molecule has 1 aliphatic heterocycles. The normalized spacial score (nSPS) is 14.8. The molecule has 2 amide bonds. The van der Waals surface area contributed by atoms with Gasteiger partial charge in [-0.1, -0.05) is 48.5 Å². The zero-order valence-corrected chi connectivity index (χ0v) is 25.1. The van der Waals surface area contributed by atoms with E-state index in [9.17, 15) is 14.4 Å². The second kappa shape index (κ2) is 14.3. The highest BCUT2D eigenvalue weighted by atomic mass is 32.2. The molecule has 1 heterocycles. The average molecular weight is 575 g/mol. The molecule has 216 valence electrons. The van der Waals surface area contributed by atoms with Gasteiger partial charge in [-0.15, -0.1) is 11.8 Å². The lowest BCUT2D eigenvalue weighted by molar-refractivity contribution is -0.861. The van der Waals surface area contributed by atoms with Gasteiger partial charge in [-0.05, 0) is 42.5 Å². The summed E-state index contributed by atoms with van der Waals surface area (Å²) in [7, 11) is 2.06. The van der Waals surface area contributed by atoms with Gasteiger partial charge >= 0.3 is 11.9 Å². The van der Waals surface area contributed by atoms with Crippen molar-refractivity contribution in [3.05, 3.63) is 90.0 Å². The molecule has 1 aliphatic rings. The number of benzene rings is 3. The molecule has 0 spiro atoms. The van der Waals surface area contributed by atoms with E-state index in [-0.39, 0.29) is 22.3 Å². The molecule has 1 fully saturated rings. The first kappa shape index (κ1) is 30.3. The van der Waals surface area contributed by atoms with E-state index in [0.717, 1.165) is 47.0 Å². The Labute approximate surface area is 247 Å². The van der Waals surface area contributed by atoms with Crippen LogP contribution >= 0.6 is 11.8 Å². The second-order valence-corrected chi connectivity index (χ2v) is 11.9. The number of para-hydroxylation sites is 1. The molecule has 0 saturated carbocycles. The highest BCUT2D eigenvalue weighted by Gasteiger charge is 2.33. The van der Waals surface area contributed by atoms with Crippen LogP contribution in [0.5, 0.6) is 5.75 Å². The fourth-order valence-electron chi connectivity index (χ4n) is 5.26. The molecule has 0 bridgehead atoms. The molecule has 1 unspecified atom stereocenters. The van der Waals surface area contributed by atoms with E-state index in [4.69, 9.17) is 4.74 Å². The predicted molar refractivity (Wildman–Crippen MR) is 164 cm³/mol. The minimum absolute atomic E-state index is 0.118. The first-order valence-electron chi connectivity index (χ1n) is 14.1. The third kappa shape index (κ3) is 8.68. The Bertz CT molecular complexity index is 1320. The third-order valence-electron chi connectivity index (χ3n) is 7.44. The first-order chi connectivity index (χ1) is 19.7. The molecule has 3 aromatic carbocycles. The van der Waals surface area contributed by atoms with Gasteiger partial charge in [0.25, 0.3) is 0 Å². The van der Waals surface area contributed by atoms with E-state index < -0.39 is 0 Å². The maximum Gasteiger partial charge on any atom is 0.314 e. The number of hydrogen-bond acceptors (Lipinski definition) is 6. The SMILES string of the molecule is CC(=O)Oc1ccc(SCCCC(=O)[N+](C)(Cc2ccccc2)Cc2ccccc2N2CCN(C(C)=O)CC2)cc1. The van der Waals surface area contributed by atoms with Crippen molar-refractivity contribution >= 4 is 35.2 Å². The Hall–Kier alpha value is -3.62. The van der Waals surface area contributed by atoms with Crippen LogP contribution in [0.3, 0.4) is 0 Å². The lowest BCUT2D eigenvalue weighted by atomic mass is 10.1. The number of piperazine rings is 1. The molecule has 8 heteroatoms. The highest BCUT2D eigenvalue weighted by Crippen LogP contribution is 2.29. The van der Waals surface area contributed by atoms with Crippen LogP contribution in [0.4, 0.5) is 5.69 Å². The van der Waals surface area contributed by atoms with E-state index in [1.54, 1.807) is 30.8 Å². The molecule has 1 atom stereocenters. The van der Waals surface area contributed by atoms with Gasteiger partial charge in [-0.2, -0.15) is 0 Å². The Morgan fingerprint density at radius 2 is 1.49 bits per heavy atom.